The van der Waals surface area contributed by atoms with Crippen LogP contribution in [0.5, 0.6) is 0 Å². The minimum absolute atomic E-state index is 0.0763. The molecule has 0 bridgehead atoms. The van der Waals surface area contributed by atoms with Gasteiger partial charge in [0.1, 0.15) is 17.5 Å². The Balaban J connectivity index is 2.16. The van der Waals surface area contributed by atoms with E-state index in [1.807, 2.05) is 6.07 Å². The monoisotopic (exact) mass is 420 g/mol. The molecule has 0 aliphatic heterocycles. The molecule has 0 atom stereocenters. The Labute approximate surface area is 175 Å². The first kappa shape index (κ1) is 20.1. The maximum atomic E-state index is 13.7. The van der Waals surface area contributed by atoms with Crippen molar-refractivity contribution in [2.75, 3.05) is 5.73 Å². The van der Waals surface area contributed by atoms with Gasteiger partial charge < -0.3 is 5.73 Å². The van der Waals surface area contributed by atoms with Gasteiger partial charge in [-0.1, -0.05) is 60.7 Å². The second-order valence-electron chi connectivity index (χ2n) is 6.69. The van der Waals surface area contributed by atoms with Crippen LogP contribution >= 0.6 is 0 Å². The molecule has 2 N–H and O–H groups in total. The van der Waals surface area contributed by atoms with Gasteiger partial charge in [-0.05, 0) is 12.5 Å². The largest absolute Gasteiger partial charge is 0.451 e. The fourth-order valence-electron chi connectivity index (χ4n) is 3.25. The number of benzene rings is 2. The molecule has 0 saturated heterocycles. The van der Waals surface area contributed by atoms with Crippen LogP contribution in [0.15, 0.2) is 60.7 Å². The van der Waals surface area contributed by atoms with Crippen LogP contribution in [-0.2, 0) is 6.18 Å². The molecule has 0 unspecified atom stereocenters. The van der Waals surface area contributed by atoms with Gasteiger partial charge >= 0.3 is 6.18 Å². The Bertz CT molecular complexity index is 1290. The number of anilines is 1. The van der Waals surface area contributed by atoms with Crippen molar-refractivity contribution in [2.45, 2.75) is 13.1 Å². The first-order chi connectivity index (χ1) is 14.8. The van der Waals surface area contributed by atoms with Gasteiger partial charge in [0.25, 0.3) is 0 Å². The minimum atomic E-state index is -4.80. The van der Waals surface area contributed by atoms with E-state index in [0.29, 0.717) is 16.7 Å². The van der Waals surface area contributed by atoms with Gasteiger partial charge in [0.05, 0.1) is 17.0 Å². The molecule has 0 amide bonds. The number of aromatic nitrogens is 4. The third-order valence-electron chi connectivity index (χ3n) is 4.66. The van der Waals surface area contributed by atoms with Crippen LogP contribution < -0.4 is 5.73 Å². The third-order valence-corrected chi connectivity index (χ3v) is 4.66. The Hall–Kier alpha value is -4.19. The molecule has 0 radical (unpaired) electrons. The van der Waals surface area contributed by atoms with Gasteiger partial charge in [-0.2, -0.15) is 28.2 Å². The fourth-order valence-corrected chi connectivity index (χ4v) is 3.25. The fraction of sp³-hybridized carbons (Fsp3) is 0.0909. The van der Waals surface area contributed by atoms with Crippen LogP contribution in [0.3, 0.4) is 0 Å². The lowest BCUT2D eigenvalue weighted by molar-refractivity contribution is -0.144. The molecule has 154 valence electrons. The number of halogens is 3. The average Bonchev–Trinajstić information content (AvgIpc) is 3.06. The maximum Gasteiger partial charge on any atom is 0.451 e. The van der Waals surface area contributed by atoms with Gasteiger partial charge in [0.2, 0.25) is 5.82 Å². The highest BCUT2D eigenvalue weighted by Crippen LogP contribution is 2.38. The van der Waals surface area contributed by atoms with Gasteiger partial charge in [-0.3, -0.25) is 0 Å². The molecule has 4 rings (SSSR count). The summed E-state index contributed by atoms with van der Waals surface area (Å²) in [6, 6.07) is 19.2. The van der Waals surface area contributed by atoms with Crippen molar-refractivity contribution in [1.29, 1.82) is 5.26 Å². The molecule has 0 aliphatic carbocycles. The van der Waals surface area contributed by atoms with Crippen molar-refractivity contribution in [3.05, 3.63) is 77.7 Å². The van der Waals surface area contributed by atoms with Crippen LogP contribution in [0.1, 0.15) is 17.1 Å². The lowest BCUT2D eigenvalue weighted by Crippen LogP contribution is -2.17. The zero-order valence-corrected chi connectivity index (χ0v) is 16.2. The van der Waals surface area contributed by atoms with Crippen molar-refractivity contribution in [3.8, 4) is 34.3 Å². The summed E-state index contributed by atoms with van der Waals surface area (Å²) in [6.07, 6.45) is -4.80. The Morgan fingerprint density at radius 2 is 1.52 bits per heavy atom. The lowest BCUT2D eigenvalue weighted by Gasteiger charge is -2.17. The summed E-state index contributed by atoms with van der Waals surface area (Å²) in [5.41, 5.74) is 7.89. The molecule has 31 heavy (non-hydrogen) atoms. The first-order valence-electron chi connectivity index (χ1n) is 9.17. The standard InChI is InChI=1S/C22H15F3N6/c1-13-16(12-26)19(27)31(30-13)20-17(14-8-4-2-5-9-14)18(15-10-6-3-7-11-15)28-21(29-20)22(23,24)25/h2-11H,27H2,1H3. The summed E-state index contributed by atoms with van der Waals surface area (Å²) in [5, 5.41) is 13.6. The Morgan fingerprint density at radius 1 is 0.935 bits per heavy atom. The van der Waals surface area contributed by atoms with Crippen LogP contribution in [0, 0.1) is 18.3 Å². The molecule has 4 aromatic rings. The number of rotatable bonds is 3. The van der Waals surface area contributed by atoms with E-state index in [0.717, 1.165) is 4.68 Å². The molecule has 0 saturated carbocycles. The van der Waals surface area contributed by atoms with Gasteiger partial charge in [0.15, 0.2) is 5.82 Å². The van der Waals surface area contributed by atoms with E-state index in [4.69, 9.17) is 5.73 Å². The van der Waals surface area contributed by atoms with E-state index >= 15 is 0 Å². The predicted molar refractivity (Wildman–Crippen MR) is 109 cm³/mol. The Morgan fingerprint density at radius 3 is 2.03 bits per heavy atom. The molecular weight excluding hydrogens is 405 g/mol. The second-order valence-corrected chi connectivity index (χ2v) is 6.69. The van der Waals surface area contributed by atoms with E-state index in [-0.39, 0.29) is 28.6 Å². The summed E-state index contributed by atoms with van der Waals surface area (Å²) in [5.74, 6) is -1.58. The van der Waals surface area contributed by atoms with Crippen molar-refractivity contribution in [1.82, 2.24) is 19.7 Å². The third kappa shape index (κ3) is 3.59. The summed E-state index contributed by atoms with van der Waals surface area (Å²) < 4.78 is 42.2. The van der Waals surface area contributed by atoms with Crippen molar-refractivity contribution in [3.63, 3.8) is 0 Å². The highest BCUT2D eigenvalue weighted by atomic mass is 19.4. The smallest absolute Gasteiger partial charge is 0.382 e. The van der Waals surface area contributed by atoms with Crippen LogP contribution in [0.2, 0.25) is 0 Å². The van der Waals surface area contributed by atoms with Gasteiger partial charge in [-0.25, -0.2) is 9.97 Å². The molecule has 0 aliphatic rings. The molecule has 6 nitrogen and oxygen atoms in total. The number of nitriles is 1. The summed E-state index contributed by atoms with van der Waals surface area (Å²) in [4.78, 5) is 7.67. The number of hydrogen-bond acceptors (Lipinski definition) is 5. The van der Waals surface area contributed by atoms with E-state index < -0.39 is 12.0 Å². The highest BCUT2D eigenvalue weighted by molar-refractivity contribution is 5.86. The number of nitrogens with zero attached hydrogens (tertiary/aromatic N) is 5. The number of nitrogen functional groups attached to an aromatic ring is 1. The second kappa shape index (κ2) is 7.57. The average molecular weight is 420 g/mol. The van der Waals surface area contributed by atoms with Crippen molar-refractivity contribution >= 4 is 5.82 Å². The molecular formula is C22H15F3N6. The number of aryl methyl sites for hydroxylation is 1. The van der Waals surface area contributed by atoms with Crippen LogP contribution in [0.25, 0.3) is 28.2 Å². The van der Waals surface area contributed by atoms with E-state index in [2.05, 4.69) is 15.1 Å². The summed E-state index contributed by atoms with van der Waals surface area (Å²) >= 11 is 0. The lowest BCUT2D eigenvalue weighted by atomic mass is 9.99. The van der Waals surface area contributed by atoms with Crippen molar-refractivity contribution < 1.29 is 13.2 Å². The predicted octanol–water partition coefficient (Wildman–Crippen LogP) is 4.78. The SMILES string of the molecule is Cc1nn(-c2nc(C(F)(F)F)nc(-c3ccccc3)c2-c2ccccc2)c(N)c1C#N. The highest BCUT2D eigenvalue weighted by Gasteiger charge is 2.37. The van der Waals surface area contributed by atoms with Crippen LogP contribution in [0.4, 0.5) is 19.0 Å². The first-order valence-corrected chi connectivity index (χ1v) is 9.17. The molecule has 0 fully saturated rings. The van der Waals surface area contributed by atoms with Gasteiger partial charge in [0, 0.05) is 5.56 Å². The summed E-state index contributed by atoms with van der Waals surface area (Å²) in [6.45, 7) is 1.55. The number of hydrogen-bond donors (Lipinski definition) is 1. The molecule has 9 heteroatoms. The Kier molecular flexibility index (Phi) is 4.91. The maximum absolute atomic E-state index is 13.7. The minimum Gasteiger partial charge on any atom is -0.382 e. The van der Waals surface area contributed by atoms with Crippen molar-refractivity contribution in [2.24, 2.45) is 0 Å². The number of alkyl halides is 3. The zero-order chi connectivity index (χ0) is 22.2. The summed E-state index contributed by atoms with van der Waals surface area (Å²) in [7, 11) is 0. The van der Waals surface area contributed by atoms with Crippen LogP contribution in [-0.4, -0.2) is 19.7 Å². The van der Waals surface area contributed by atoms with E-state index in [1.54, 1.807) is 67.6 Å². The molecule has 0 spiro atoms. The number of nitrogens with two attached hydrogens (primary N) is 1. The van der Waals surface area contributed by atoms with E-state index in [9.17, 15) is 18.4 Å². The molecule has 2 aromatic heterocycles. The van der Waals surface area contributed by atoms with E-state index in [1.165, 1.54) is 0 Å². The molecule has 2 heterocycles. The normalized spacial score (nSPS) is 11.3. The van der Waals surface area contributed by atoms with Gasteiger partial charge in [-0.15, -0.1) is 0 Å². The zero-order valence-electron chi connectivity index (χ0n) is 16.2. The molecule has 2 aromatic carbocycles. The quantitative estimate of drug-likeness (QED) is 0.515. The topological polar surface area (TPSA) is 93.4 Å².